The van der Waals surface area contributed by atoms with Crippen LogP contribution in [0.3, 0.4) is 0 Å². The lowest BCUT2D eigenvalue weighted by atomic mass is 9.71. The van der Waals surface area contributed by atoms with Gasteiger partial charge in [0.2, 0.25) is 0 Å². The first kappa shape index (κ1) is 18.2. The Morgan fingerprint density at radius 2 is 1.68 bits per heavy atom. The Morgan fingerprint density at radius 1 is 1.00 bits per heavy atom. The van der Waals surface area contributed by atoms with Gasteiger partial charge < -0.3 is 0 Å². The molecular formula is C22H28O2S. The molecule has 25 heavy (non-hydrogen) atoms. The smallest absolute Gasteiger partial charge is 0.179 e. The van der Waals surface area contributed by atoms with E-state index >= 15 is 0 Å². The average molecular weight is 357 g/mol. The molecule has 2 atom stereocenters. The normalized spacial score (nSPS) is 25.1. The number of fused-ring (bicyclic) bond motifs is 1. The van der Waals surface area contributed by atoms with Crippen molar-refractivity contribution in [3.05, 3.63) is 65.7 Å². The molecule has 2 aromatic rings. The minimum Gasteiger partial charge on any atom is -0.224 e. The Hall–Kier alpha value is -1.61. The lowest BCUT2D eigenvalue weighted by Gasteiger charge is -2.34. The van der Waals surface area contributed by atoms with Crippen LogP contribution >= 0.6 is 0 Å². The number of unbranched alkanes of at least 4 members (excludes halogenated alkanes) is 1. The van der Waals surface area contributed by atoms with E-state index in [0.717, 1.165) is 37.7 Å². The van der Waals surface area contributed by atoms with E-state index in [1.54, 1.807) is 6.07 Å². The highest BCUT2D eigenvalue weighted by molar-refractivity contribution is 7.91. The fraction of sp³-hybridized carbons (Fsp3) is 0.455. The van der Waals surface area contributed by atoms with Gasteiger partial charge in [0.05, 0.1) is 10.6 Å². The predicted octanol–water partition coefficient (Wildman–Crippen LogP) is 5.58. The lowest BCUT2D eigenvalue weighted by Crippen LogP contribution is -2.29. The molecule has 0 fully saturated rings. The number of hydrogen-bond donors (Lipinski definition) is 0. The monoisotopic (exact) mass is 356 g/mol. The summed E-state index contributed by atoms with van der Waals surface area (Å²) in [6.07, 6.45) is 4.98. The summed E-state index contributed by atoms with van der Waals surface area (Å²) in [6, 6.07) is 18.0. The van der Waals surface area contributed by atoms with Gasteiger partial charge in [0, 0.05) is 5.92 Å². The SMILES string of the molecule is CCCCC1(CC)C[C@H](c2ccccc2)c2ccccc2S(=O)(=O)C1. The number of rotatable bonds is 5. The zero-order chi connectivity index (χ0) is 17.9. The fourth-order valence-corrected chi connectivity index (χ4v) is 6.55. The predicted molar refractivity (Wildman–Crippen MR) is 104 cm³/mol. The van der Waals surface area contributed by atoms with Gasteiger partial charge in [-0.15, -0.1) is 0 Å². The first-order valence-electron chi connectivity index (χ1n) is 9.38. The van der Waals surface area contributed by atoms with Crippen molar-refractivity contribution in [3.63, 3.8) is 0 Å². The van der Waals surface area contributed by atoms with Crippen molar-refractivity contribution in [2.24, 2.45) is 5.41 Å². The van der Waals surface area contributed by atoms with E-state index in [0.29, 0.717) is 4.90 Å². The van der Waals surface area contributed by atoms with Crippen molar-refractivity contribution < 1.29 is 8.42 Å². The average Bonchev–Trinajstić information content (AvgIpc) is 2.74. The standard InChI is InChI=1S/C22H28O2S/c1-3-5-15-22(4-2)16-20(18-11-7-6-8-12-18)19-13-9-10-14-21(19)25(23,24)17-22/h6-14,20H,3-5,15-17H2,1-2H3/t20-,22?/m1/s1. The zero-order valence-electron chi connectivity index (χ0n) is 15.2. The molecule has 3 heteroatoms. The van der Waals surface area contributed by atoms with Crippen LogP contribution in [0.2, 0.25) is 0 Å². The molecule has 0 bridgehead atoms. The molecule has 2 nitrogen and oxygen atoms in total. The van der Waals surface area contributed by atoms with Crippen molar-refractivity contribution in [2.75, 3.05) is 5.75 Å². The summed E-state index contributed by atoms with van der Waals surface area (Å²) in [7, 11) is -3.27. The molecule has 3 rings (SSSR count). The molecule has 1 heterocycles. The second-order valence-corrected chi connectivity index (χ2v) is 9.38. The van der Waals surface area contributed by atoms with E-state index in [1.807, 2.05) is 24.3 Å². The molecule has 0 aromatic heterocycles. The van der Waals surface area contributed by atoms with Crippen LogP contribution in [-0.4, -0.2) is 14.2 Å². The van der Waals surface area contributed by atoms with Gasteiger partial charge in [0.15, 0.2) is 9.84 Å². The van der Waals surface area contributed by atoms with Crippen LogP contribution in [0.15, 0.2) is 59.5 Å². The summed E-state index contributed by atoms with van der Waals surface area (Å²) in [5, 5.41) is 0. The van der Waals surface area contributed by atoms with Gasteiger partial charge in [-0.2, -0.15) is 0 Å². The van der Waals surface area contributed by atoms with Crippen LogP contribution in [-0.2, 0) is 9.84 Å². The van der Waals surface area contributed by atoms with Crippen molar-refractivity contribution in [2.45, 2.75) is 56.8 Å². The van der Waals surface area contributed by atoms with Crippen molar-refractivity contribution in [1.82, 2.24) is 0 Å². The van der Waals surface area contributed by atoms with Crippen LogP contribution in [0.25, 0.3) is 0 Å². The maximum Gasteiger partial charge on any atom is 0.179 e. The Kier molecular flexibility index (Phi) is 5.33. The highest BCUT2D eigenvalue weighted by atomic mass is 32.2. The van der Waals surface area contributed by atoms with Crippen LogP contribution < -0.4 is 0 Å². The molecule has 0 N–H and O–H groups in total. The fourth-order valence-electron chi connectivity index (χ4n) is 4.27. The van der Waals surface area contributed by atoms with E-state index in [9.17, 15) is 8.42 Å². The molecular weight excluding hydrogens is 328 g/mol. The third-order valence-electron chi connectivity index (χ3n) is 5.78. The van der Waals surface area contributed by atoms with Crippen LogP contribution in [0.5, 0.6) is 0 Å². The highest BCUT2D eigenvalue weighted by Crippen LogP contribution is 2.48. The van der Waals surface area contributed by atoms with Gasteiger partial charge in [-0.25, -0.2) is 8.42 Å². The van der Waals surface area contributed by atoms with Gasteiger partial charge >= 0.3 is 0 Å². The van der Waals surface area contributed by atoms with E-state index in [2.05, 4.69) is 38.1 Å². The largest absolute Gasteiger partial charge is 0.224 e. The highest BCUT2D eigenvalue weighted by Gasteiger charge is 2.41. The molecule has 0 saturated heterocycles. The van der Waals surface area contributed by atoms with Crippen LogP contribution in [0.1, 0.15) is 63.0 Å². The quantitative estimate of drug-likeness (QED) is 0.700. The topological polar surface area (TPSA) is 34.1 Å². The molecule has 134 valence electrons. The Morgan fingerprint density at radius 3 is 2.36 bits per heavy atom. The van der Waals surface area contributed by atoms with Gasteiger partial charge in [0.1, 0.15) is 0 Å². The number of hydrogen-bond acceptors (Lipinski definition) is 2. The summed E-state index contributed by atoms with van der Waals surface area (Å²) in [5.74, 6) is 0.420. The van der Waals surface area contributed by atoms with Crippen LogP contribution in [0, 0.1) is 5.41 Å². The van der Waals surface area contributed by atoms with E-state index in [-0.39, 0.29) is 17.1 Å². The first-order chi connectivity index (χ1) is 12.0. The minimum absolute atomic E-state index is 0.144. The van der Waals surface area contributed by atoms with Crippen molar-refractivity contribution in [1.29, 1.82) is 0 Å². The second kappa shape index (κ2) is 7.33. The van der Waals surface area contributed by atoms with E-state index in [1.165, 1.54) is 5.56 Å². The van der Waals surface area contributed by atoms with Crippen molar-refractivity contribution in [3.8, 4) is 0 Å². The Bertz CT molecular complexity index is 811. The lowest BCUT2D eigenvalue weighted by molar-refractivity contribution is 0.247. The molecule has 1 aliphatic heterocycles. The maximum atomic E-state index is 13.2. The summed E-state index contributed by atoms with van der Waals surface area (Å²) in [6.45, 7) is 4.33. The number of sulfone groups is 1. The van der Waals surface area contributed by atoms with Gasteiger partial charge in [-0.1, -0.05) is 75.2 Å². The Labute approximate surface area is 152 Å². The molecule has 1 aliphatic rings. The molecule has 0 spiro atoms. The molecule has 1 unspecified atom stereocenters. The summed E-state index contributed by atoms with van der Waals surface area (Å²) < 4.78 is 26.4. The summed E-state index contributed by atoms with van der Waals surface area (Å²) in [4.78, 5) is 0.538. The summed E-state index contributed by atoms with van der Waals surface area (Å²) in [5.41, 5.74) is 2.05. The van der Waals surface area contributed by atoms with Gasteiger partial charge in [-0.05, 0) is 41.9 Å². The second-order valence-electron chi connectivity index (χ2n) is 7.42. The minimum atomic E-state index is -3.27. The molecule has 0 radical (unpaired) electrons. The molecule has 0 aliphatic carbocycles. The third kappa shape index (κ3) is 3.67. The Balaban J connectivity index is 2.17. The van der Waals surface area contributed by atoms with Crippen molar-refractivity contribution >= 4 is 9.84 Å². The third-order valence-corrected chi connectivity index (χ3v) is 7.81. The summed E-state index contributed by atoms with van der Waals surface area (Å²) >= 11 is 0. The molecule has 0 saturated carbocycles. The van der Waals surface area contributed by atoms with Gasteiger partial charge in [-0.3, -0.25) is 0 Å². The van der Waals surface area contributed by atoms with E-state index in [4.69, 9.17) is 0 Å². The van der Waals surface area contributed by atoms with E-state index < -0.39 is 9.84 Å². The maximum absolute atomic E-state index is 13.2. The van der Waals surface area contributed by atoms with Gasteiger partial charge in [0.25, 0.3) is 0 Å². The van der Waals surface area contributed by atoms with Crippen LogP contribution in [0.4, 0.5) is 0 Å². The first-order valence-corrected chi connectivity index (χ1v) is 11.0. The molecule has 2 aromatic carbocycles. The molecule has 0 amide bonds. The zero-order valence-corrected chi connectivity index (χ0v) is 16.1. The number of benzene rings is 2.